The highest BCUT2D eigenvalue weighted by Crippen LogP contribution is 2.23. The Kier molecular flexibility index (Phi) is 5.48. The standard InChI is InChI=1S/C22H22ClNO2/c1-14-20(22(25)21(23)15(2)24-14)18-10-6-16(7-11-18)4-5-17-8-12-19(26-3)13-9-17/h6-13H,4-5H2,1-3H3,(H,24,25). The van der Waals surface area contributed by atoms with Crippen LogP contribution in [0.25, 0.3) is 11.1 Å². The number of rotatable bonds is 5. The number of benzene rings is 2. The molecule has 1 aromatic heterocycles. The van der Waals surface area contributed by atoms with Crippen molar-refractivity contribution in [2.75, 3.05) is 7.11 Å². The average molecular weight is 368 g/mol. The Morgan fingerprint density at radius 1 is 0.885 bits per heavy atom. The van der Waals surface area contributed by atoms with E-state index in [1.807, 2.05) is 38.1 Å². The minimum Gasteiger partial charge on any atom is -0.497 e. The van der Waals surface area contributed by atoms with Crippen molar-refractivity contribution >= 4 is 11.6 Å². The third kappa shape index (κ3) is 3.83. The van der Waals surface area contributed by atoms with Crippen molar-refractivity contribution in [2.45, 2.75) is 26.7 Å². The van der Waals surface area contributed by atoms with Crippen molar-refractivity contribution in [1.82, 2.24) is 4.98 Å². The number of H-pyrrole nitrogens is 1. The molecular formula is C22H22ClNO2. The molecular weight excluding hydrogens is 346 g/mol. The summed E-state index contributed by atoms with van der Waals surface area (Å²) < 4.78 is 5.18. The van der Waals surface area contributed by atoms with Gasteiger partial charge in [0, 0.05) is 17.0 Å². The fourth-order valence-electron chi connectivity index (χ4n) is 3.12. The van der Waals surface area contributed by atoms with E-state index in [1.54, 1.807) is 7.11 Å². The van der Waals surface area contributed by atoms with Crippen LogP contribution in [0.5, 0.6) is 5.75 Å². The lowest BCUT2D eigenvalue weighted by atomic mass is 9.99. The van der Waals surface area contributed by atoms with Crippen LogP contribution in [0.15, 0.2) is 53.3 Å². The first-order chi connectivity index (χ1) is 12.5. The number of hydrogen-bond donors (Lipinski definition) is 1. The Bertz CT molecular complexity index is 957. The van der Waals surface area contributed by atoms with E-state index in [-0.39, 0.29) is 10.5 Å². The molecule has 1 N–H and O–H groups in total. The molecule has 3 aromatic rings. The molecule has 3 nitrogen and oxygen atoms in total. The number of aromatic amines is 1. The van der Waals surface area contributed by atoms with E-state index in [2.05, 4.69) is 29.2 Å². The summed E-state index contributed by atoms with van der Waals surface area (Å²) >= 11 is 6.12. The number of ether oxygens (including phenoxy) is 1. The lowest BCUT2D eigenvalue weighted by Gasteiger charge is -2.10. The highest BCUT2D eigenvalue weighted by atomic mass is 35.5. The first kappa shape index (κ1) is 18.3. The SMILES string of the molecule is COc1ccc(CCc2ccc(-c3c(C)[nH]c(C)c(Cl)c3=O)cc2)cc1. The highest BCUT2D eigenvalue weighted by Gasteiger charge is 2.12. The molecule has 0 saturated heterocycles. The maximum absolute atomic E-state index is 12.5. The third-order valence-corrected chi connectivity index (χ3v) is 5.06. The summed E-state index contributed by atoms with van der Waals surface area (Å²) in [6.07, 6.45) is 1.90. The second-order valence-corrected chi connectivity index (χ2v) is 6.82. The van der Waals surface area contributed by atoms with Crippen molar-refractivity contribution < 1.29 is 4.74 Å². The molecule has 0 unspecified atom stereocenters. The minimum absolute atomic E-state index is 0.119. The van der Waals surface area contributed by atoms with E-state index in [4.69, 9.17) is 16.3 Å². The summed E-state index contributed by atoms with van der Waals surface area (Å²) in [5.41, 5.74) is 5.45. The quantitative estimate of drug-likeness (QED) is 0.681. The lowest BCUT2D eigenvalue weighted by Crippen LogP contribution is -2.11. The summed E-state index contributed by atoms with van der Waals surface area (Å²) in [6.45, 7) is 3.71. The maximum Gasteiger partial charge on any atom is 0.208 e. The van der Waals surface area contributed by atoms with E-state index in [9.17, 15) is 4.79 Å². The molecule has 0 radical (unpaired) electrons. The van der Waals surface area contributed by atoms with Gasteiger partial charge in [-0.15, -0.1) is 0 Å². The molecule has 0 amide bonds. The largest absolute Gasteiger partial charge is 0.497 e. The number of pyridine rings is 1. The Balaban J connectivity index is 1.77. The molecule has 0 aliphatic rings. The Morgan fingerprint density at radius 2 is 1.42 bits per heavy atom. The van der Waals surface area contributed by atoms with Crippen LogP contribution in [0.2, 0.25) is 5.02 Å². The van der Waals surface area contributed by atoms with Crippen LogP contribution in [-0.2, 0) is 12.8 Å². The second kappa shape index (κ2) is 7.79. The van der Waals surface area contributed by atoms with Gasteiger partial charge in [0.15, 0.2) is 0 Å². The van der Waals surface area contributed by atoms with Crippen molar-refractivity contribution in [2.24, 2.45) is 0 Å². The van der Waals surface area contributed by atoms with Gasteiger partial charge in [-0.05, 0) is 55.5 Å². The lowest BCUT2D eigenvalue weighted by molar-refractivity contribution is 0.414. The van der Waals surface area contributed by atoms with Gasteiger partial charge in [-0.3, -0.25) is 4.79 Å². The normalized spacial score (nSPS) is 10.8. The van der Waals surface area contributed by atoms with Crippen molar-refractivity contribution in [3.05, 3.63) is 86.3 Å². The molecule has 1 heterocycles. The topological polar surface area (TPSA) is 42.1 Å². The van der Waals surface area contributed by atoms with Crippen molar-refractivity contribution in [3.8, 4) is 16.9 Å². The van der Waals surface area contributed by atoms with Gasteiger partial charge >= 0.3 is 0 Å². The first-order valence-corrected chi connectivity index (χ1v) is 8.98. The van der Waals surface area contributed by atoms with Crippen molar-refractivity contribution in [1.29, 1.82) is 0 Å². The molecule has 0 atom stereocenters. The number of aromatic nitrogens is 1. The Labute approximate surface area is 158 Å². The van der Waals surface area contributed by atoms with Crippen LogP contribution in [0.4, 0.5) is 0 Å². The van der Waals surface area contributed by atoms with Gasteiger partial charge in [0.1, 0.15) is 10.8 Å². The van der Waals surface area contributed by atoms with E-state index < -0.39 is 0 Å². The first-order valence-electron chi connectivity index (χ1n) is 8.61. The van der Waals surface area contributed by atoms with Gasteiger partial charge in [0.25, 0.3) is 0 Å². The van der Waals surface area contributed by atoms with Crippen LogP contribution < -0.4 is 10.2 Å². The maximum atomic E-state index is 12.5. The second-order valence-electron chi connectivity index (χ2n) is 6.44. The van der Waals surface area contributed by atoms with Crippen LogP contribution in [-0.4, -0.2) is 12.1 Å². The monoisotopic (exact) mass is 367 g/mol. The Hall–Kier alpha value is -2.52. The summed E-state index contributed by atoms with van der Waals surface area (Å²) in [7, 11) is 1.67. The fourth-order valence-corrected chi connectivity index (χ4v) is 3.26. The van der Waals surface area contributed by atoms with Crippen LogP contribution in [0.3, 0.4) is 0 Å². The highest BCUT2D eigenvalue weighted by molar-refractivity contribution is 6.31. The average Bonchev–Trinajstić information content (AvgIpc) is 2.66. The zero-order valence-corrected chi connectivity index (χ0v) is 16.0. The fraction of sp³-hybridized carbons (Fsp3) is 0.227. The van der Waals surface area contributed by atoms with Gasteiger partial charge in [0.05, 0.1) is 7.11 Å². The van der Waals surface area contributed by atoms with E-state index in [1.165, 1.54) is 11.1 Å². The molecule has 0 saturated carbocycles. The zero-order valence-electron chi connectivity index (χ0n) is 15.2. The molecule has 0 spiro atoms. The van der Waals surface area contributed by atoms with Gasteiger partial charge in [0.2, 0.25) is 5.43 Å². The Morgan fingerprint density at radius 3 is 1.96 bits per heavy atom. The van der Waals surface area contributed by atoms with Gasteiger partial charge < -0.3 is 9.72 Å². The molecule has 0 aliphatic carbocycles. The summed E-state index contributed by atoms with van der Waals surface area (Å²) in [6, 6.07) is 16.3. The molecule has 26 heavy (non-hydrogen) atoms. The van der Waals surface area contributed by atoms with Gasteiger partial charge in [-0.2, -0.15) is 0 Å². The van der Waals surface area contributed by atoms with Gasteiger partial charge in [-0.25, -0.2) is 0 Å². The summed E-state index contributed by atoms with van der Waals surface area (Å²) in [5, 5.41) is 0.259. The molecule has 134 valence electrons. The number of nitrogens with one attached hydrogen (secondary N) is 1. The van der Waals surface area contributed by atoms with E-state index in [0.717, 1.165) is 29.8 Å². The summed E-state index contributed by atoms with van der Waals surface area (Å²) in [4.78, 5) is 15.7. The molecule has 2 aromatic carbocycles. The van der Waals surface area contributed by atoms with E-state index >= 15 is 0 Å². The number of hydrogen-bond acceptors (Lipinski definition) is 2. The predicted molar refractivity (Wildman–Crippen MR) is 107 cm³/mol. The van der Waals surface area contributed by atoms with Crippen LogP contribution in [0.1, 0.15) is 22.5 Å². The number of aryl methyl sites for hydroxylation is 4. The van der Waals surface area contributed by atoms with Crippen LogP contribution in [0, 0.1) is 13.8 Å². The zero-order chi connectivity index (χ0) is 18.7. The van der Waals surface area contributed by atoms with E-state index in [0.29, 0.717) is 11.3 Å². The number of halogens is 1. The molecule has 0 fully saturated rings. The predicted octanol–water partition coefficient (Wildman–Crippen LogP) is 5.11. The van der Waals surface area contributed by atoms with Crippen LogP contribution >= 0.6 is 11.6 Å². The third-order valence-electron chi connectivity index (χ3n) is 4.61. The summed E-state index contributed by atoms with van der Waals surface area (Å²) in [5.74, 6) is 0.871. The smallest absolute Gasteiger partial charge is 0.208 e. The van der Waals surface area contributed by atoms with Crippen molar-refractivity contribution in [3.63, 3.8) is 0 Å². The molecule has 0 aliphatic heterocycles. The molecule has 0 bridgehead atoms. The number of methoxy groups -OCH3 is 1. The molecule has 4 heteroatoms. The molecule has 3 rings (SSSR count). The van der Waals surface area contributed by atoms with Gasteiger partial charge in [-0.1, -0.05) is 48.0 Å². The minimum atomic E-state index is -0.119.